The standard InChI is InChI=1S/C15H19F2N/c1-5-6-13-7-8-14(9-15(13)17)12(4)18-11(3)10(2)16/h7-9H,5-6H2,1-4H3/b11-10+,18-12+. The summed E-state index contributed by atoms with van der Waals surface area (Å²) in [4.78, 5) is 4.12. The molecule has 0 spiro atoms. The molecule has 0 N–H and O–H groups in total. The van der Waals surface area contributed by atoms with Gasteiger partial charge in [0.15, 0.2) is 0 Å². The van der Waals surface area contributed by atoms with Gasteiger partial charge < -0.3 is 0 Å². The summed E-state index contributed by atoms with van der Waals surface area (Å²) in [6.07, 6.45) is 1.64. The van der Waals surface area contributed by atoms with Crippen LogP contribution in [0, 0.1) is 5.82 Å². The van der Waals surface area contributed by atoms with Crippen LogP contribution in [0.4, 0.5) is 8.78 Å². The van der Waals surface area contributed by atoms with Gasteiger partial charge in [-0.3, -0.25) is 4.99 Å². The molecule has 3 heteroatoms. The largest absolute Gasteiger partial charge is 0.255 e. The molecule has 0 aromatic heterocycles. The minimum atomic E-state index is -0.322. The highest BCUT2D eigenvalue weighted by molar-refractivity contribution is 5.99. The molecule has 0 radical (unpaired) electrons. The van der Waals surface area contributed by atoms with Crippen LogP contribution >= 0.6 is 0 Å². The molecule has 0 atom stereocenters. The lowest BCUT2D eigenvalue weighted by Crippen LogP contribution is -1.99. The van der Waals surface area contributed by atoms with Crippen LogP contribution in [0.2, 0.25) is 0 Å². The molecule has 0 heterocycles. The molecule has 0 saturated carbocycles. The summed E-state index contributed by atoms with van der Waals surface area (Å²) in [6, 6.07) is 5.06. The fourth-order valence-corrected chi connectivity index (χ4v) is 1.64. The van der Waals surface area contributed by atoms with Crippen molar-refractivity contribution in [2.24, 2.45) is 4.99 Å². The first-order chi connectivity index (χ1) is 8.45. The van der Waals surface area contributed by atoms with E-state index in [1.807, 2.05) is 13.0 Å². The SMILES string of the molecule is CCCc1ccc(/C(C)=N/C(C)=C(\C)F)cc1F. The van der Waals surface area contributed by atoms with Gasteiger partial charge in [0, 0.05) is 5.71 Å². The average Bonchev–Trinajstić information content (AvgIpc) is 2.31. The predicted molar refractivity (Wildman–Crippen MR) is 72.1 cm³/mol. The number of allylic oxidation sites excluding steroid dienone is 2. The van der Waals surface area contributed by atoms with E-state index < -0.39 is 0 Å². The number of halogens is 2. The second kappa shape index (κ2) is 6.43. The summed E-state index contributed by atoms with van der Waals surface area (Å²) in [5, 5.41) is 0. The number of hydrogen-bond acceptors (Lipinski definition) is 1. The maximum Gasteiger partial charge on any atom is 0.127 e. The van der Waals surface area contributed by atoms with Crippen molar-refractivity contribution in [2.45, 2.75) is 40.5 Å². The zero-order chi connectivity index (χ0) is 13.7. The first-order valence-electron chi connectivity index (χ1n) is 6.12. The van der Waals surface area contributed by atoms with Crippen molar-refractivity contribution in [2.75, 3.05) is 0 Å². The van der Waals surface area contributed by atoms with E-state index in [-0.39, 0.29) is 11.6 Å². The summed E-state index contributed by atoms with van der Waals surface area (Å²) >= 11 is 0. The molecular weight excluding hydrogens is 232 g/mol. The molecule has 0 bridgehead atoms. The number of aliphatic imine (C=N–C) groups is 1. The third-order valence-electron chi connectivity index (χ3n) is 2.82. The zero-order valence-electron chi connectivity index (χ0n) is 11.3. The van der Waals surface area contributed by atoms with Gasteiger partial charge >= 0.3 is 0 Å². The first kappa shape index (κ1) is 14.6. The van der Waals surface area contributed by atoms with Gasteiger partial charge in [-0.1, -0.05) is 25.5 Å². The van der Waals surface area contributed by atoms with Crippen molar-refractivity contribution < 1.29 is 8.78 Å². The highest BCUT2D eigenvalue weighted by Gasteiger charge is 2.05. The van der Waals surface area contributed by atoms with Crippen LogP contribution < -0.4 is 0 Å². The van der Waals surface area contributed by atoms with Crippen molar-refractivity contribution in [1.82, 2.24) is 0 Å². The van der Waals surface area contributed by atoms with Crippen LogP contribution in [-0.4, -0.2) is 5.71 Å². The van der Waals surface area contributed by atoms with Gasteiger partial charge in [0.1, 0.15) is 11.6 Å². The van der Waals surface area contributed by atoms with Crippen LogP contribution in [0.25, 0.3) is 0 Å². The van der Waals surface area contributed by atoms with E-state index in [0.717, 1.165) is 12.8 Å². The summed E-state index contributed by atoms with van der Waals surface area (Å²) in [5.74, 6) is -0.542. The first-order valence-corrected chi connectivity index (χ1v) is 6.12. The lowest BCUT2D eigenvalue weighted by Gasteiger charge is -2.05. The molecule has 0 amide bonds. The van der Waals surface area contributed by atoms with Crippen LogP contribution in [0.15, 0.2) is 34.7 Å². The minimum absolute atomic E-state index is 0.220. The molecular formula is C15H19F2N. The minimum Gasteiger partial charge on any atom is -0.255 e. The average molecular weight is 251 g/mol. The van der Waals surface area contributed by atoms with E-state index in [2.05, 4.69) is 4.99 Å². The maximum absolute atomic E-state index is 13.8. The van der Waals surface area contributed by atoms with E-state index in [0.29, 0.717) is 22.5 Å². The van der Waals surface area contributed by atoms with Crippen molar-refractivity contribution >= 4 is 5.71 Å². The molecule has 1 aromatic rings. The van der Waals surface area contributed by atoms with Crippen LogP contribution in [-0.2, 0) is 6.42 Å². The van der Waals surface area contributed by atoms with Crippen molar-refractivity contribution in [1.29, 1.82) is 0 Å². The fraction of sp³-hybridized carbons (Fsp3) is 0.400. The highest BCUT2D eigenvalue weighted by atomic mass is 19.1. The van der Waals surface area contributed by atoms with Gasteiger partial charge in [-0.05, 0) is 44.4 Å². The molecule has 98 valence electrons. The molecule has 1 nitrogen and oxygen atoms in total. The molecule has 0 aliphatic carbocycles. The Morgan fingerprint density at radius 2 is 1.89 bits per heavy atom. The van der Waals surface area contributed by atoms with Gasteiger partial charge in [-0.2, -0.15) is 0 Å². The summed E-state index contributed by atoms with van der Waals surface area (Å²) in [7, 11) is 0. The zero-order valence-corrected chi connectivity index (χ0v) is 11.3. The number of benzene rings is 1. The van der Waals surface area contributed by atoms with Crippen LogP contribution in [0.1, 0.15) is 45.2 Å². The fourth-order valence-electron chi connectivity index (χ4n) is 1.64. The number of rotatable bonds is 4. The quantitative estimate of drug-likeness (QED) is 0.681. The lowest BCUT2D eigenvalue weighted by molar-refractivity contribution is 0.607. The third kappa shape index (κ3) is 3.76. The molecule has 18 heavy (non-hydrogen) atoms. The van der Waals surface area contributed by atoms with Crippen LogP contribution in [0.5, 0.6) is 0 Å². The predicted octanol–water partition coefficient (Wildman–Crippen LogP) is 4.81. The van der Waals surface area contributed by atoms with Gasteiger partial charge in [-0.25, -0.2) is 8.78 Å². The third-order valence-corrected chi connectivity index (χ3v) is 2.82. The van der Waals surface area contributed by atoms with Crippen LogP contribution in [0.3, 0.4) is 0 Å². The summed E-state index contributed by atoms with van der Waals surface area (Å²) < 4.78 is 26.7. The van der Waals surface area contributed by atoms with Crippen molar-refractivity contribution in [3.63, 3.8) is 0 Å². The molecule has 0 unspecified atom stereocenters. The molecule has 0 fully saturated rings. The Kier molecular flexibility index (Phi) is 5.20. The van der Waals surface area contributed by atoms with E-state index in [9.17, 15) is 8.78 Å². The Bertz CT molecular complexity index is 483. The highest BCUT2D eigenvalue weighted by Crippen LogP contribution is 2.15. The van der Waals surface area contributed by atoms with Gasteiger partial charge in [0.05, 0.1) is 5.70 Å². The molecule has 0 saturated heterocycles. The van der Waals surface area contributed by atoms with E-state index in [4.69, 9.17) is 0 Å². The number of hydrogen-bond donors (Lipinski definition) is 0. The molecule has 1 aromatic carbocycles. The Morgan fingerprint density at radius 1 is 1.22 bits per heavy atom. The Hall–Kier alpha value is -1.51. The molecule has 1 rings (SSSR count). The van der Waals surface area contributed by atoms with E-state index in [1.165, 1.54) is 13.0 Å². The molecule has 0 aliphatic rings. The summed E-state index contributed by atoms with van der Waals surface area (Å²) in [6.45, 7) is 6.72. The van der Waals surface area contributed by atoms with Gasteiger partial charge in [0.25, 0.3) is 0 Å². The van der Waals surface area contributed by atoms with Gasteiger partial charge in [-0.15, -0.1) is 0 Å². The topological polar surface area (TPSA) is 12.4 Å². The monoisotopic (exact) mass is 251 g/mol. The second-order valence-electron chi connectivity index (χ2n) is 4.37. The van der Waals surface area contributed by atoms with E-state index in [1.54, 1.807) is 19.9 Å². The lowest BCUT2D eigenvalue weighted by atomic mass is 10.0. The Morgan fingerprint density at radius 3 is 2.39 bits per heavy atom. The van der Waals surface area contributed by atoms with Crippen molar-refractivity contribution in [3.8, 4) is 0 Å². The Balaban J connectivity index is 3.05. The summed E-state index contributed by atoms with van der Waals surface area (Å²) in [5.41, 5.74) is 2.34. The van der Waals surface area contributed by atoms with E-state index >= 15 is 0 Å². The van der Waals surface area contributed by atoms with Gasteiger partial charge in [0.2, 0.25) is 0 Å². The normalized spacial score (nSPS) is 13.6. The van der Waals surface area contributed by atoms with Crippen molar-refractivity contribution in [3.05, 3.63) is 46.7 Å². The maximum atomic E-state index is 13.8. The Labute approximate surface area is 107 Å². The molecule has 0 aliphatic heterocycles. The number of aryl methyl sites for hydroxylation is 1. The second-order valence-corrected chi connectivity index (χ2v) is 4.37. The number of nitrogens with zero attached hydrogens (tertiary/aromatic N) is 1. The smallest absolute Gasteiger partial charge is 0.127 e.